The summed E-state index contributed by atoms with van der Waals surface area (Å²) in [4.78, 5) is 11.7. The summed E-state index contributed by atoms with van der Waals surface area (Å²) in [5, 5.41) is 6.11. The first kappa shape index (κ1) is 20.4. The largest absolute Gasteiger partial charge is 0.444 e. The standard InChI is InChI=1S/C18H30N2O4/c1-14(19-10-11-23-13-12-22-5)15-6-8-16(9-7-15)20-17(21)24-18(2,3)4/h6-9,14,19H,10-13H2,1-5H3,(H,20,21). The molecule has 6 nitrogen and oxygen atoms in total. The van der Waals surface area contributed by atoms with Gasteiger partial charge in [-0.1, -0.05) is 12.1 Å². The van der Waals surface area contributed by atoms with E-state index < -0.39 is 11.7 Å². The third kappa shape index (κ3) is 8.86. The fourth-order valence-electron chi connectivity index (χ4n) is 1.99. The van der Waals surface area contributed by atoms with Crippen LogP contribution in [0, 0.1) is 0 Å². The third-order valence-electron chi connectivity index (χ3n) is 3.18. The Morgan fingerprint density at radius 1 is 1.12 bits per heavy atom. The van der Waals surface area contributed by atoms with E-state index in [9.17, 15) is 4.79 Å². The van der Waals surface area contributed by atoms with Crippen molar-refractivity contribution in [2.75, 3.05) is 38.8 Å². The van der Waals surface area contributed by atoms with Crippen LogP contribution in [0.5, 0.6) is 0 Å². The van der Waals surface area contributed by atoms with Gasteiger partial charge in [0.25, 0.3) is 0 Å². The predicted molar refractivity (Wildman–Crippen MR) is 95.4 cm³/mol. The molecule has 0 heterocycles. The van der Waals surface area contributed by atoms with Crippen molar-refractivity contribution in [3.8, 4) is 0 Å². The summed E-state index contributed by atoms with van der Waals surface area (Å²) in [5.41, 5.74) is 1.35. The van der Waals surface area contributed by atoms with E-state index in [0.717, 1.165) is 12.1 Å². The second kappa shape index (κ2) is 10.3. The zero-order valence-electron chi connectivity index (χ0n) is 15.3. The molecule has 1 aromatic rings. The van der Waals surface area contributed by atoms with Crippen molar-refractivity contribution in [1.82, 2.24) is 5.32 Å². The summed E-state index contributed by atoms with van der Waals surface area (Å²) in [6, 6.07) is 7.90. The summed E-state index contributed by atoms with van der Waals surface area (Å²) in [6.07, 6.45) is -0.449. The Kier molecular flexibility index (Phi) is 8.74. The van der Waals surface area contributed by atoms with Gasteiger partial charge >= 0.3 is 6.09 Å². The minimum Gasteiger partial charge on any atom is -0.444 e. The van der Waals surface area contributed by atoms with Gasteiger partial charge < -0.3 is 19.5 Å². The van der Waals surface area contributed by atoms with Crippen molar-refractivity contribution in [3.05, 3.63) is 29.8 Å². The molecule has 1 unspecified atom stereocenters. The Balaban J connectivity index is 2.36. The summed E-state index contributed by atoms with van der Waals surface area (Å²) >= 11 is 0. The van der Waals surface area contributed by atoms with Gasteiger partial charge in [-0.25, -0.2) is 4.79 Å². The SMILES string of the molecule is COCCOCCNC(C)c1ccc(NC(=O)OC(C)(C)C)cc1. The van der Waals surface area contributed by atoms with Crippen molar-refractivity contribution in [3.63, 3.8) is 0 Å². The Bertz CT molecular complexity index is 483. The Morgan fingerprint density at radius 3 is 2.38 bits per heavy atom. The molecule has 6 heteroatoms. The van der Waals surface area contributed by atoms with Crippen LogP contribution in [-0.4, -0.2) is 45.2 Å². The maximum atomic E-state index is 11.7. The van der Waals surface area contributed by atoms with Crippen LogP contribution in [0.4, 0.5) is 10.5 Å². The number of hydrogen-bond acceptors (Lipinski definition) is 5. The highest BCUT2D eigenvalue weighted by molar-refractivity contribution is 5.84. The quantitative estimate of drug-likeness (QED) is 0.676. The Morgan fingerprint density at radius 2 is 1.79 bits per heavy atom. The molecule has 0 aliphatic rings. The van der Waals surface area contributed by atoms with Crippen molar-refractivity contribution in [2.45, 2.75) is 39.3 Å². The summed E-state index contributed by atoms with van der Waals surface area (Å²) in [5.74, 6) is 0. The molecule has 136 valence electrons. The van der Waals surface area contributed by atoms with Crippen molar-refractivity contribution in [1.29, 1.82) is 0 Å². The lowest BCUT2D eigenvalue weighted by Crippen LogP contribution is -2.27. The zero-order valence-corrected chi connectivity index (χ0v) is 15.3. The van der Waals surface area contributed by atoms with Crippen LogP contribution in [0.25, 0.3) is 0 Å². The molecule has 0 spiro atoms. The van der Waals surface area contributed by atoms with E-state index in [4.69, 9.17) is 14.2 Å². The molecule has 0 bridgehead atoms. The minimum absolute atomic E-state index is 0.201. The van der Waals surface area contributed by atoms with E-state index in [0.29, 0.717) is 25.5 Å². The first-order chi connectivity index (χ1) is 11.3. The predicted octanol–water partition coefficient (Wildman–Crippen LogP) is 3.35. The summed E-state index contributed by atoms with van der Waals surface area (Å²) in [6.45, 7) is 10.2. The Hall–Kier alpha value is -1.63. The van der Waals surface area contributed by atoms with Crippen molar-refractivity contribution in [2.24, 2.45) is 0 Å². The molecule has 0 fully saturated rings. The molecule has 0 aromatic heterocycles. The maximum absolute atomic E-state index is 11.7. The van der Waals surface area contributed by atoms with E-state index in [2.05, 4.69) is 17.6 Å². The molecule has 2 N–H and O–H groups in total. The number of carbonyl (C=O) groups is 1. The number of nitrogens with one attached hydrogen (secondary N) is 2. The average Bonchev–Trinajstić information content (AvgIpc) is 2.49. The molecule has 0 radical (unpaired) electrons. The van der Waals surface area contributed by atoms with E-state index in [1.807, 2.05) is 45.0 Å². The number of rotatable bonds is 9. The van der Waals surface area contributed by atoms with E-state index in [-0.39, 0.29) is 6.04 Å². The second-order valence-electron chi connectivity index (χ2n) is 6.53. The lowest BCUT2D eigenvalue weighted by atomic mass is 10.1. The van der Waals surface area contributed by atoms with Gasteiger partial charge in [-0.2, -0.15) is 0 Å². The molecule has 24 heavy (non-hydrogen) atoms. The van der Waals surface area contributed by atoms with Gasteiger partial charge in [-0.05, 0) is 45.4 Å². The summed E-state index contributed by atoms with van der Waals surface area (Å²) in [7, 11) is 1.66. The Labute approximate surface area is 144 Å². The molecular formula is C18H30N2O4. The first-order valence-corrected chi connectivity index (χ1v) is 8.22. The number of methoxy groups -OCH3 is 1. The number of amides is 1. The lowest BCUT2D eigenvalue weighted by Gasteiger charge is -2.20. The number of carbonyl (C=O) groups excluding carboxylic acids is 1. The molecule has 1 rings (SSSR count). The van der Waals surface area contributed by atoms with Crippen LogP contribution in [0.3, 0.4) is 0 Å². The van der Waals surface area contributed by atoms with Crippen LogP contribution in [0.15, 0.2) is 24.3 Å². The van der Waals surface area contributed by atoms with Crippen LogP contribution in [-0.2, 0) is 14.2 Å². The van der Waals surface area contributed by atoms with Crippen LogP contribution >= 0.6 is 0 Å². The van der Waals surface area contributed by atoms with E-state index in [1.165, 1.54) is 0 Å². The van der Waals surface area contributed by atoms with Gasteiger partial charge in [-0.3, -0.25) is 5.32 Å². The molecular weight excluding hydrogens is 308 g/mol. The van der Waals surface area contributed by atoms with Gasteiger partial charge in [0.2, 0.25) is 0 Å². The molecule has 0 saturated carbocycles. The monoisotopic (exact) mass is 338 g/mol. The highest BCUT2D eigenvalue weighted by Crippen LogP contribution is 2.17. The van der Waals surface area contributed by atoms with Gasteiger partial charge in [0, 0.05) is 25.4 Å². The topological polar surface area (TPSA) is 68.8 Å². The fourth-order valence-corrected chi connectivity index (χ4v) is 1.99. The smallest absolute Gasteiger partial charge is 0.412 e. The highest BCUT2D eigenvalue weighted by Gasteiger charge is 2.16. The molecule has 0 saturated heterocycles. The first-order valence-electron chi connectivity index (χ1n) is 8.22. The van der Waals surface area contributed by atoms with Crippen LogP contribution in [0.2, 0.25) is 0 Å². The van der Waals surface area contributed by atoms with Crippen molar-refractivity contribution >= 4 is 11.8 Å². The molecule has 0 aliphatic heterocycles. The molecule has 1 amide bonds. The second-order valence-corrected chi connectivity index (χ2v) is 6.53. The number of ether oxygens (including phenoxy) is 3. The van der Waals surface area contributed by atoms with Gasteiger partial charge in [0.1, 0.15) is 5.60 Å². The van der Waals surface area contributed by atoms with Crippen molar-refractivity contribution < 1.29 is 19.0 Å². The average molecular weight is 338 g/mol. The normalized spacial score (nSPS) is 12.7. The zero-order chi connectivity index (χ0) is 18.0. The van der Waals surface area contributed by atoms with Crippen LogP contribution in [0.1, 0.15) is 39.3 Å². The number of anilines is 1. The van der Waals surface area contributed by atoms with Gasteiger partial charge in [0.05, 0.1) is 19.8 Å². The maximum Gasteiger partial charge on any atom is 0.412 e. The minimum atomic E-state index is -0.506. The van der Waals surface area contributed by atoms with E-state index >= 15 is 0 Å². The molecule has 0 aliphatic carbocycles. The molecule has 1 atom stereocenters. The number of hydrogen-bond donors (Lipinski definition) is 2. The summed E-state index contributed by atoms with van der Waals surface area (Å²) < 4.78 is 15.6. The molecule has 1 aromatic carbocycles. The number of benzene rings is 1. The van der Waals surface area contributed by atoms with Crippen LogP contribution < -0.4 is 10.6 Å². The van der Waals surface area contributed by atoms with Gasteiger partial charge in [-0.15, -0.1) is 0 Å². The van der Waals surface area contributed by atoms with E-state index in [1.54, 1.807) is 7.11 Å². The van der Waals surface area contributed by atoms with Gasteiger partial charge in [0.15, 0.2) is 0 Å². The highest BCUT2D eigenvalue weighted by atomic mass is 16.6. The fraction of sp³-hybridized carbons (Fsp3) is 0.611. The third-order valence-corrected chi connectivity index (χ3v) is 3.18. The lowest BCUT2D eigenvalue weighted by molar-refractivity contribution is 0.0636.